The number of hydrogen-bond acceptors (Lipinski definition) is 5. The second-order valence-electron chi connectivity index (χ2n) is 7.45. The number of benzene rings is 2. The Morgan fingerprint density at radius 1 is 1.14 bits per heavy atom. The third kappa shape index (κ3) is 4.31. The van der Waals surface area contributed by atoms with Gasteiger partial charge in [-0.25, -0.2) is 9.48 Å². The van der Waals surface area contributed by atoms with Gasteiger partial charge >= 0.3 is 6.03 Å². The number of carbonyl (C=O) groups is 1. The number of amides is 2. The van der Waals surface area contributed by atoms with Crippen molar-refractivity contribution in [1.29, 1.82) is 0 Å². The van der Waals surface area contributed by atoms with Crippen molar-refractivity contribution >= 4 is 11.7 Å². The second-order valence-corrected chi connectivity index (χ2v) is 7.45. The number of ether oxygens (including phenoxy) is 2. The third-order valence-corrected chi connectivity index (χ3v) is 4.81. The molecular formula is C21H23N5O3. The molecule has 2 N–H and O–H groups in total. The summed E-state index contributed by atoms with van der Waals surface area (Å²) < 4.78 is 12.9. The van der Waals surface area contributed by atoms with E-state index in [2.05, 4.69) is 34.8 Å². The highest BCUT2D eigenvalue weighted by Crippen LogP contribution is 2.34. The van der Waals surface area contributed by atoms with Gasteiger partial charge in [0.1, 0.15) is 13.2 Å². The van der Waals surface area contributed by atoms with Gasteiger partial charge in [-0.15, -0.1) is 5.10 Å². The third-order valence-electron chi connectivity index (χ3n) is 4.81. The Labute approximate surface area is 168 Å². The van der Waals surface area contributed by atoms with Crippen LogP contribution in [0.5, 0.6) is 11.5 Å². The highest BCUT2D eigenvalue weighted by Gasteiger charge is 2.24. The summed E-state index contributed by atoms with van der Waals surface area (Å²) in [5.41, 5.74) is 2.27. The summed E-state index contributed by atoms with van der Waals surface area (Å²) in [5.74, 6) is 1.50. The van der Waals surface area contributed by atoms with Crippen LogP contribution < -0.4 is 20.1 Å². The lowest BCUT2D eigenvalue weighted by Gasteiger charge is -2.28. The normalized spacial score (nSPS) is 13.0. The van der Waals surface area contributed by atoms with Crippen molar-refractivity contribution in [3.05, 3.63) is 60.4 Å². The summed E-state index contributed by atoms with van der Waals surface area (Å²) >= 11 is 0. The Morgan fingerprint density at radius 3 is 2.76 bits per heavy atom. The molecule has 8 heteroatoms. The van der Waals surface area contributed by atoms with Gasteiger partial charge < -0.3 is 20.1 Å². The van der Waals surface area contributed by atoms with E-state index in [4.69, 9.17) is 9.47 Å². The van der Waals surface area contributed by atoms with E-state index in [9.17, 15) is 4.79 Å². The first-order chi connectivity index (χ1) is 14.0. The molecule has 1 aliphatic heterocycles. The number of carbonyl (C=O) groups excluding carboxylic acids is 1. The van der Waals surface area contributed by atoms with Crippen LogP contribution in [0.4, 0.5) is 10.5 Å². The van der Waals surface area contributed by atoms with Crippen LogP contribution in [0, 0.1) is 0 Å². The van der Waals surface area contributed by atoms with Crippen LogP contribution in [0.3, 0.4) is 0 Å². The van der Waals surface area contributed by atoms with Crippen LogP contribution in [0.2, 0.25) is 0 Å². The molecule has 4 rings (SSSR count). The van der Waals surface area contributed by atoms with Gasteiger partial charge in [-0.2, -0.15) is 0 Å². The second kappa shape index (κ2) is 7.83. The van der Waals surface area contributed by atoms with Gasteiger partial charge in [-0.3, -0.25) is 0 Å². The average molecular weight is 393 g/mol. The molecule has 1 aromatic heterocycles. The molecule has 0 saturated carbocycles. The summed E-state index contributed by atoms with van der Waals surface area (Å²) in [6.07, 6.45) is 3.35. The molecule has 2 aromatic carbocycles. The Balaban J connectivity index is 1.38. The lowest BCUT2D eigenvalue weighted by molar-refractivity contribution is 0.171. The predicted molar refractivity (Wildman–Crippen MR) is 109 cm³/mol. The maximum atomic E-state index is 12.4. The topological polar surface area (TPSA) is 90.3 Å². The molecule has 2 amide bonds. The van der Waals surface area contributed by atoms with E-state index in [-0.39, 0.29) is 11.4 Å². The van der Waals surface area contributed by atoms with E-state index in [1.165, 1.54) is 0 Å². The molecule has 8 nitrogen and oxygen atoms in total. The fourth-order valence-electron chi connectivity index (χ4n) is 3.12. The zero-order valence-corrected chi connectivity index (χ0v) is 16.4. The Bertz CT molecular complexity index is 1000. The lowest BCUT2D eigenvalue weighted by Crippen LogP contribution is -2.39. The molecule has 29 heavy (non-hydrogen) atoms. The molecule has 2 heterocycles. The van der Waals surface area contributed by atoms with E-state index in [0.717, 1.165) is 22.7 Å². The highest BCUT2D eigenvalue weighted by atomic mass is 16.6. The standard InChI is InChI=1S/C21H23N5O3/c1-21(2,15-6-7-18-19(12-15)29-11-10-28-18)14-22-20(27)24-16-4-3-5-17(13-16)26-9-8-23-25-26/h3-9,12-13H,10-11,14H2,1-2H3,(H2,22,24,27). The molecule has 150 valence electrons. The molecule has 0 fully saturated rings. The van der Waals surface area contributed by atoms with Crippen LogP contribution in [0.1, 0.15) is 19.4 Å². The van der Waals surface area contributed by atoms with E-state index in [1.807, 2.05) is 42.5 Å². The van der Waals surface area contributed by atoms with Gasteiger partial charge in [-0.05, 0) is 35.9 Å². The number of hydrogen-bond donors (Lipinski definition) is 2. The van der Waals surface area contributed by atoms with Crippen molar-refractivity contribution in [3.63, 3.8) is 0 Å². The molecule has 0 atom stereocenters. The van der Waals surface area contributed by atoms with E-state index < -0.39 is 0 Å². The molecule has 0 spiro atoms. The molecule has 0 radical (unpaired) electrons. The van der Waals surface area contributed by atoms with Crippen LogP contribution >= 0.6 is 0 Å². The number of nitrogens with zero attached hydrogens (tertiary/aromatic N) is 3. The maximum Gasteiger partial charge on any atom is 0.319 e. The summed E-state index contributed by atoms with van der Waals surface area (Å²) in [7, 11) is 0. The van der Waals surface area contributed by atoms with Crippen LogP contribution in [0.15, 0.2) is 54.9 Å². The number of aromatic nitrogens is 3. The van der Waals surface area contributed by atoms with Crippen LogP contribution in [-0.4, -0.2) is 40.8 Å². The van der Waals surface area contributed by atoms with Gasteiger partial charge in [-0.1, -0.05) is 31.2 Å². The van der Waals surface area contributed by atoms with Crippen molar-refractivity contribution < 1.29 is 14.3 Å². The summed E-state index contributed by atoms with van der Waals surface area (Å²) in [4.78, 5) is 12.4. The fraction of sp³-hybridized carbons (Fsp3) is 0.286. The van der Waals surface area contributed by atoms with Crippen molar-refractivity contribution in [2.75, 3.05) is 25.1 Å². The number of anilines is 1. The van der Waals surface area contributed by atoms with Gasteiger partial charge in [0.25, 0.3) is 0 Å². The van der Waals surface area contributed by atoms with Crippen molar-refractivity contribution in [3.8, 4) is 17.2 Å². The van der Waals surface area contributed by atoms with Gasteiger partial charge in [0, 0.05) is 17.6 Å². The monoisotopic (exact) mass is 393 g/mol. The van der Waals surface area contributed by atoms with E-state index in [0.29, 0.717) is 25.4 Å². The summed E-state index contributed by atoms with van der Waals surface area (Å²) in [6, 6.07) is 13.0. The molecule has 0 saturated heterocycles. The number of fused-ring (bicyclic) bond motifs is 1. The first kappa shape index (κ1) is 18.8. The number of nitrogens with one attached hydrogen (secondary N) is 2. The smallest absolute Gasteiger partial charge is 0.319 e. The minimum atomic E-state index is -0.282. The van der Waals surface area contributed by atoms with Crippen molar-refractivity contribution in [1.82, 2.24) is 20.3 Å². The fourth-order valence-corrected chi connectivity index (χ4v) is 3.12. The SMILES string of the molecule is CC(C)(CNC(=O)Nc1cccc(-n2ccnn2)c1)c1ccc2c(c1)OCCO2. The molecular weight excluding hydrogens is 370 g/mol. The number of urea groups is 1. The zero-order valence-electron chi connectivity index (χ0n) is 16.4. The van der Waals surface area contributed by atoms with Crippen molar-refractivity contribution in [2.45, 2.75) is 19.3 Å². The van der Waals surface area contributed by atoms with Crippen LogP contribution in [0.25, 0.3) is 5.69 Å². The van der Waals surface area contributed by atoms with E-state index >= 15 is 0 Å². The minimum absolute atomic E-state index is 0.272. The largest absolute Gasteiger partial charge is 0.486 e. The van der Waals surface area contributed by atoms with Crippen LogP contribution in [-0.2, 0) is 5.41 Å². The first-order valence-electron chi connectivity index (χ1n) is 9.43. The molecule has 3 aromatic rings. The van der Waals surface area contributed by atoms with Crippen molar-refractivity contribution in [2.24, 2.45) is 0 Å². The molecule has 1 aliphatic rings. The van der Waals surface area contributed by atoms with E-state index in [1.54, 1.807) is 17.1 Å². The minimum Gasteiger partial charge on any atom is -0.486 e. The Morgan fingerprint density at radius 2 is 1.97 bits per heavy atom. The average Bonchev–Trinajstić information content (AvgIpc) is 3.27. The quantitative estimate of drug-likeness (QED) is 0.695. The van der Waals surface area contributed by atoms with Gasteiger partial charge in [0.05, 0.1) is 18.1 Å². The maximum absolute atomic E-state index is 12.4. The molecule has 0 bridgehead atoms. The number of rotatable bonds is 5. The summed E-state index contributed by atoms with van der Waals surface area (Å²) in [6.45, 7) is 5.72. The first-order valence-corrected chi connectivity index (χ1v) is 9.43. The lowest BCUT2D eigenvalue weighted by atomic mass is 9.84. The molecule has 0 unspecified atom stereocenters. The molecule has 0 aliphatic carbocycles. The summed E-state index contributed by atoms with van der Waals surface area (Å²) in [5, 5.41) is 13.6. The zero-order chi connectivity index (χ0) is 20.3. The van der Waals surface area contributed by atoms with Gasteiger partial charge in [0.15, 0.2) is 11.5 Å². The Kier molecular flexibility index (Phi) is 5.07. The predicted octanol–water partition coefficient (Wildman–Crippen LogP) is 3.14. The Hall–Kier alpha value is -3.55. The highest BCUT2D eigenvalue weighted by molar-refractivity contribution is 5.89. The van der Waals surface area contributed by atoms with Gasteiger partial charge in [0.2, 0.25) is 0 Å².